The van der Waals surface area contributed by atoms with Gasteiger partial charge in [0.2, 0.25) is 5.91 Å². The number of amidine groups is 1. The van der Waals surface area contributed by atoms with Crippen molar-refractivity contribution in [3.8, 4) is 0 Å². The Bertz CT molecular complexity index is 867. The molecule has 0 unspecified atom stereocenters. The number of anilines is 2. The Morgan fingerprint density at radius 1 is 1.27 bits per heavy atom. The normalized spacial score (nSPS) is 15.0. The van der Waals surface area contributed by atoms with E-state index in [0.717, 1.165) is 11.3 Å². The molecule has 0 bridgehead atoms. The second kappa shape index (κ2) is 7.70. The summed E-state index contributed by atoms with van der Waals surface area (Å²) >= 11 is 1.20. The summed E-state index contributed by atoms with van der Waals surface area (Å²) < 4.78 is 13.2. The van der Waals surface area contributed by atoms with Crippen LogP contribution in [0.4, 0.5) is 15.8 Å². The van der Waals surface area contributed by atoms with Crippen LogP contribution in [0.1, 0.15) is 12.5 Å². The van der Waals surface area contributed by atoms with E-state index in [4.69, 9.17) is 0 Å². The fraction of sp³-hybridized carbons (Fsp3) is 0.211. The van der Waals surface area contributed by atoms with Gasteiger partial charge in [-0.05, 0) is 44.2 Å². The average Bonchev–Trinajstić information content (AvgIpc) is 2.96. The van der Waals surface area contributed by atoms with E-state index in [0.29, 0.717) is 10.9 Å². The summed E-state index contributed by atoms with van der Waals surface area (Å²) in [6.07, 6.45) is 0. The van der Waals surface area contributed by atoms with Gasteiger partial charge in [0.15, 0.2) is 5.17 Å². The Balaban J connectivity index is 1.69. The monoisotopic (exact) mass is 371 g/mol. The first-order valence-corrected chi connectivity index (χ1v) is 8.99. The molecule has 1 aliphatic heterocycles. The molecule has 2 aromatic carbocycles. The number of hydrogen-bond donors (Lipinski definition) is 1. The fourth-order valence-electron chi connectivity index (χ4n) is 2.44. The highest BCUT2D eigenvalue weighted by atomic mass is 32.2. The molecule has 5 nitrogen and oxygen atoms in total. The number of nitrogens with one attached hydrogen (secondary N) is 1. The van der Waals surface area contributed by atoms with Crippen molar-refractivity contribution in [2.75, 3.05) is 16.8 Å². The zero-order valence-electron chi connectivity index (χ0n) is 14.4. The van der Waals surface area contributed by atoms with Crippen LogP contribution in [0, 0.1) is 12.7 Å². The van der Waals surface area contributed by atoms with Gasteiger partial charge >= 0.3 is 0 Å². The second-order valence-electron chi connectivity index (χ2n) is 5.92. The van der Waals surface area contributed by atoms with Gasteiger partial charge in [0.05, 0.1) is 10.9 Å². The lowest BCUT2D eigenvalue weighted by Gasteiger charge is -2.20. The molecule has 1 aliphatic rings. The predicted molar refractivity (Wildman–Crippen MR) is 103 cm³/mol. The minimum Gasteiger partial charge on any atom is -0.325 e. The largest absolute Gasteiger partial charge is 0.325 e. The maximum absolute atomic E-state index is 13.2. The van der Waals surface area contributed by atoms with Gasteiger partial charge in [-0.2, -0.15) is 0 Å². The van der Waals surface area contributed by atoms with Crippen molar-refractivity contribution in [1.29, 1.82) is 0 Å². The Labute approximate surface area is 155 Å². The number of hydrogen-bond acceptors (Lipinski definition) is 4. The van der Waals surface area contributed by atoms with E-state index in [1.54, 1.807) is 13.0 Å². The number of amides is 2. The number of carbonyl (C=O) groups excluding carboxylic acids is 2. The van der Waals surface area contributed by atoms with Crippen molar-refractivity contribution >= 4 is 40.1 Å². The highest BCUT2D eigenvalue weighted by Crippen LogP contribution is 2.27. The molecule has 0 saturated carbocycles. The van der Waals surface area contributed by atoms with Crippen LogP contribution in [0.2, 0.25) is 0 Å². The molecular formula is C19H18FN3O2S. The van der Waals surface area contributed by atoms with E-state index >= 15 is 0 Å². The highest BCUT2D eigenvalue weighted by Gasteiger charge is 2.30. The first kappa shape index (κ1) is 18.1. The maximum Gasteiger partial charge on any atom is 0.254 e. The molecule has 134 valence electrons. The van der Waals surface area contributed by atoms with E-state index in [-0.39, 0.29) is 18.4 Å². The van der Waals surface area contributed by atoms with Crippen LogP contribution >= 0.6 is 11.8 Å². The van der Waals surface area contributed by atoms with E-state index in [9.17, 15) is 14.0 Å². The van der Waals surface area contributed by atoms with Gasteiger partial charge < -0.3 is 5.32 Å². The van der Waals surface area contributed by atoms with Crippen molar-refractivity contribution in [1.82, 2.24) is 0 Å². The molecule has 1 atom stereocenters. The summed E-state index contributed by atoms with van der Waals surface area (Å²) in [5.74, 6) is -0.833. The predicted octanol–water partition coefficient (Wildman–Crippen LogP) is 3.60. The molecule has 26 heavy (non-hydrogen) atoms. The summed E-state index contributed by atoms with van der Waals surface area (Å²) in [4.78, 5) is 30.4. The minimum atomic E-state index is -0.504. The maximum atomic E-state index is 13.2. The lowest BCUT2D eigenvalue weighted by atomic mass is 10.2. The molecule has 7 heteroatoms. The lowest BCUT2D eigenvalue weighted by Crippen LogP contribution is -2.33. The fourth-order valence-corrected chi connectivity index (χ4v) is 3.38. The number of carbonyl (C=O) groups is 2. The zero-order chi connectivity index (χ0) is 18.7. The summed E-state index contributed by atoms with van der Waals surface area (Å²) in [6, 6.07) is 13.3. The Morgan fingerprint density at radius 2 is 2.00 bits per heavy atom. The topological polar surface area (TPSA) is 61.8 Å². The van der Waals surface area contributed by atoms with Crippen LogP contribution in [0.5, 0.6) is 0 Å². The molecule has 0 fully saturated rings. The minimum absolute atomic E-state index is 0.0639. The Kier molecular flexibility index (Phi) is 5.37. The quantitative estimate of drug-likeness (QED) is 0.893. The van der Waals surface area contributed by atoms with Crippen LogP contribution in [0.15, 0.2) is 53.5 Å². The van der Waals surface area contributed by atoms with Gasteiger partial charge in [-0.3, -0.25) is 19.5 Å². The van der Waals surface area contributed by atoms with Crippen molar-refractivity contribution < 1.29 is 14.0 Å². The molecule has 0 aliphatic carbocycles. The zero-order valence-corrected chi connectivity index (χ0v) is 15.2. The van der Waals surface area contributed by atoms with Crippen molar-refractivity contribution in [2.24, 2.45) is 4.99 Å². The highest BCUT2D eigenvalue weighted by molar-refractivity contribution is 8.15. The third-order valence-electron chi connectivity index (χ3n) is 3.83. The molecule has 0 aromatic heterocycles. The smallest absolute Gasteiger partial charge is 0.254 e. The van der Waals surface area contributed by atoms with Crippen molar-refractivity contribution in [3.05, 3.63) is 59.9 Å². The molecular weight excluding hydrogens is 353 g/mol. The molecule has 0 saturated heterocycles. The van der Waals surface area contributed by atoms with E-state index in [2.05, 4.69) is 10.3 Å². The van der Waals surface area contributed by atoms with E-state index < -0.39 is 11.1 Å². The lowest BCUT2D eigenvalue weighted by molar-refractivity contribution is -0.116. The van der Waals surface area contributed by atoms with Crippen LogP contribution in [-0.4, -0.2) is 28.8 Å². The molecule has 1 heterocycles. The van der Waals surface area contributed by atoms with E-state index in [1.165, 1.54) is 34.9 Å². The van der Waals surface area contributed by atoms with Gasteiger partial charge in [-0.25, -0.2) is 4.39 Å². The molecule has 0 spiro atoms. The van der Waals surface area contributed by atoms with Gasteiger partial charge in [0.25, 0.3) is 5.91 Å². The van der Waals surface area contributed by atoms with Crippen LogP contribution in [0.25, 0.3) is 0 Å². The standard InChI is InChI=1S/C19H18FN3O2S/c1-12-6-8-16(9-7-12)23-17(24)11-21-19(23)26-13(2)18(25)22-15-5-3-4-14(20)10-15/h3-10,13H,11H2,1-2H3,(H,22,25)/t13-/m1/s1. The van der Waals surface area contributed by atoms with Gasteiger partial charge in [0.1, 0.15) is 12.4 Å². The third kappa shape index (κ3) is 4.11. The number of nitrogens with zero attached hydrogens (tertiary/aromatic N) is 2. The van der Waals surface area contributed by atoms with Gasteiger partial charge in [0, 0.05) is 5.69 Å². The Morgan fingerprint density at radius 3 is 2.69 bits per heavy atom. The van der Waals surface area contributed by atoms with Gasteiger partial charge in [-0.1, -0.05) is 35.5 Å². The number of thioether (sulfide) groups is 1. The first-order valence-electron chi connectivity index (χ1n) is 8.11. The average molecular weight is 371 g/mol. The summed E-state index contributed by atoms with van der Waals surface area (Å²) in [5, 5.41) is 2.65. The molecule has 2 amide bonds. The SMILES string of the molecule is Cc1ccc(N2C(=O)CN=C2S[C@H](C)C(=O)Nc2cccc(F)c2)cc1. The molecule has 1 N–H and O–H groups in total. The number of aliphatic imine (C=N–C) groups is 1. The first-order chi connectivity index (χ1) is 12.4. The van der Waals surface area contributed by atoms with Crippen LogP contribution in [-0.2, 0) is 9.59 Å². The number of benzene rings is 2. The van der Waals surface area contributed by atoms with Crippen LogP contribution in [0.3, 0.4) is 0 Å². The van der Waals surface area contributed by atoms with Crippen molar-refractivity contribution in [2.45, 2.75) is 19.1 Å². The third-order valence-corrected chi connectivity index (χ3v) is 4.92. The Hall–Kier alpha value is -2.67. The molecule has 2 aromatic rings. The number of rotatable bonds is 4. The molecule has 0 radical (unpaired) electrons. The van der Waals surface area contributed by atoms with Crippen LogP contribution < -0.4 is 10.2 Å². The second-order valence-corrected chi connectivity index (χ2v) is 7.23. The molecule has 3 rings (SSSR count). The summed E-state index contributed by atoms with van der Waals surface area (Å²) in [5.41, 5.74) is 2.21. The van der Waals surface area contributed by atoms with Gasteiger partial charge in [-0.15, -0.1) is 0 Å². The summed E-state index contributed by atoms with van der Waals surface area (Å²) in [7, 11) is 0. The van der Waals surface area contributed by atoms with Crippen molar-refractivity contribution in [3.63, 3.8) is 0 Å². The number of halogens is 1. The summed E-state index contributed by atoms with van der Waals surface area (Å²) in [6.45, 7) is 3.75. The van der Waals surface area contributed by atoms with E-state index in [1.807, 2.05) is 31.2 Å². The number of aryl methyl sites for hydroxylation is 1.